The van der Waals surface area contributed by atoms with Crippen molar-refractivity contribution in [3.05, 3.63) is 11.3 Å². The van der Waals surface area contributed by atoms with Gasteiger partial charge < -0.3 is 14.6 Å². The van der Waals surface area contributed by atoms with Crippen LogP contribution in [0.1, 0.15) is 11.3 Å². The van der Waals surface area contributed by atoms with Crippen molar-refractivity contribution < 1.29 is 4.74 Å². The fourth-order valence-corrected chi connectivity index (χ4v) is 4.26. The third-order valence-electron chi connectivity index (χ3n) is 5.39. The molecule has 0 bridgehead atoms. The first kappa shape index (κ1) is 15.7. The van der Waals surface area contributed by atoms with Crippen LogP contribution in [0.3, 0.4) is 0 Å². The lowest BCUT2D eigenvalue weighted by molar-refractivity contribution is 0.337. The van der Waals surface area contributed by atoms with Crippen LogP contribution < -0.4 is 21.1 Å². The molecule has 2 aromatic rings. The van der Waals surface area contributed by atoms with E-state index in [4.69, 9.17) is 4.74 Å². The largest absolute Gasteiger partial charge is 0.498 e. The molecule has 1 aromatic carbocycles. The van der Waals surface area contributed by atoms with Gasteiger partial charge in [-0.2, -0.15) is 0 Å². The topological polar surface area (TPSA) is 28.3 Å². The van der Waals surface area contributed by atoms with E-state index in [1.54, 1.807) is 7.11 Å². The number of hydrogen-bond acceptors (Lipinski definition) is 2. The number of nitrogens with one attached hydrogen (secondary N) is 1. The Balaban J connectivity index is 2.39. The van der Waals surface area contributed by atoms with Crippen molar-refractivity contribution in [3.63, 3.8) is 0 Å². The number of likely N-dealkylation sites (N-methyl/N-ethyl adjacent to an activating group) is 1. The molecule has 110 valence electrons. The van der Waals surface area contributed by atoms with Crippen molar-refractivity contribution in [2.24, 2.45) is 0 Å². The third-order valence-corrected chi connectivity index (χ3v) is 5.39. The van der Waals surface area contributed by atoms with E-state index in [-0.39, 0.29) is 5.21 Å². The number of benzene rings is 1. The van der Waals surface area contributed by atoms with Gasteiger partial charge in [-0.15, -0.1) is 0 Å². The van der Waals surface area contributed by atoms with Gasteiger partial charge in [0.2, 0.25) is 0 Å². The summed E-state index contributed by atoms with van der Waals surface area (Å²) in [5.41, 5.74) is 8.04. The number of rotatable bonds is 1. The summed E-state index contributed by atoms with van der Waals surface area (Å²) in [4.78, 5) is 6.21. The molecule has 0 amide bonds. The van der Waals surface area contributed by atoms with Crippen LogP contribution in [0.4, 0.5) is 0 Å². The maximum Gasteiger partial charge on any atom is 0.146 e. The minimum atomic E-state index is 0.139. The zero-order chi connectivity index (χ0) is 16.2. The smallest absolute Gasteiger partial charge is 0.146 e. The van der Waals surface area contributed by atoms with Crippen molar-refractivity contribution >= 4 is 66.5 Å². The highest BCUT2D eigenvalue weighted by molar-refractivity contribution is 6.58. The second kappa shape index (κ2) is 5.19. The average Bonchev–Trinajstić information content (AvgIpc) is 2.79. The molecule has 1 aromatic heterocycles. The molecule has 0 unspecified atom stereocenters. The van der Waals surface area contributed by atoms with Crippen LogP contribution in [-0.4, -0.2) is 76.4 Å². The number of fused-ring (bicyclic) bond motifs is 3. The Bertz CT molecular complexity index is 756. The number of aromatic amines is 1. The molecule has 3 rings (SSSR count). The fraction of sp³-hybridized carbons (Fsp3) is 0.429. The van der Waals surface area contributed by atoms with E-state index >= 15 is 0 Å². The molecular formula is C14H23B5N2O. The zero-order valence-corrected chi connectivity index (χ0v) is 15.0. The zero-order valence-electron chi connectivity index (χ0n) is 15.0. The molecule has 3 nitrogen and oxygen atoms in total. The molecule has 0 radical (unpaired) electrons. The molecule has 0 fully saturated rings. The Morgan fingerprint density at radius 3 is 2.45 bits per heavy atom. The van der Waals surface area contributed by atoms with E-state index in [2.05, 4.69) is 56.2 Å². The molecule has 8 heteroatoms. The fourth-order valence-electron chi connectivity index (χ4n) is 4.26. The Labute approximate surface area is 137 Å². The van der Waals surface area contributed by atoms with E-state index in [1.807, 2.05) is 0 Å². The van der Waals surface area contributed by atoms with Gasteiger partial charge in [-0.25, -0.2) is 0 Å². The molecule has 0 saturated carbocycles. The van der Waals surface area contributed by atoms with Gasteiger partial charge in [-0.05, 0) is 41.6 Å². The summed E-state index contributed by atoms with van der Waals surface area (Å²) in [6.45, 7) is 2.20. The Morgan fingerprint density at radius 1 is 1.14 bits per heavy atom. The number of H-pyrrole nitrogens is 1. The lowest BCUT2D eigenvalue weighted by atomic mass is 9.52. The SMILES string of the molecule is Bc1c(OC)c(B)c2[nH]c3c(c2c1B)CCN(C)CC3(B)B. The van der Waals surface area contributed by atoms with Crippen LogP contribution in [0.5, 0.6) is 5.75 Å². The van der Waals surface area contributed by atoms with E-state index in [0.717, 1.165) is 25.3 Å². The molecule has 1 N–H and O–H groups in total. The summed E-state index contributed by atoms with van der Waals surface area (Å²) >= 11 is 0. The maximum atomic E-state index is 5.66. The molecule has 1 aliphatic rings. The van der Waals surface area contributed by atoms with Crippen molar-refractivity contribution in [3.8, 4) is 5.75 Å². The standard InChI is InChI=1S/C14H23B5N2O/c1-21-4-3-6-7-8(15)9(16)12(22-2)10(17)11(7)20-13(6)14(18,19)5-21/h20H,3-5,15-19H2,1-2H3. The lowest BCUT2D eigenvalue weighted by Gasteiger charge is -2.27. The van der Waals surface area contributed by atoms with Crippen LogP contribution in [0, 0.1) is 0 Å². The van der Waals surface area contributed by atoms with Gasteiger partial charge in [0.25, 0.3) is 0 Å². The molecular weight excluding hydrogens is 266 g/mol. The van der Waals surface area contributed by atoms with Crippen molar-refractivity contribution in [1.82, 2.24) is 9.88 Å². The Morgan fingerprint density at radius 2 is 1.82 bits per heavy atom. The second-order valence-corrected chi connectivity index (χ2v) is 7.51. The van der Waals surface area contributed by atoms with Crippen molar-refractivity contribution in [2.45, 2.75) is 11.6 Å². The summed E-state index contributed by atoms with van der Waals surface area (Å²) in [5, 5.41) is 1.56. The first-order valence-electron chi connectivity index (χ1n) is 8.15. The highest BCUT2D eigenvalue weighted by Crippen LogP contribution is 2.31. The van der Waals surface area contributed by atoms with Crippen LogP contribution in [0.25, 0.3) is 10.9 Å². The van der Waals surface area contributed by atoms with Gasteiger partial charge in [-0.3, -0.25) is 0 Å². The second-order valence-electron chi connectivity index (χ2n) is 7.51. The summed E-state index contributed by atoms with van der Waals surface area (Å²) in [6, 6.07) is 0. The number of methoxy groups -OCH3 is 1. The number of aromatic nitrogens is 1. The predicted molar refractivity (Wildman–Crippen MR) is 109 cm³/mol. The third kappa shape index (κ3) is 2.15. The molecule has 0 atom stereocenters. The van der Waals surface area contributed by atoms with Crippen molar-refractivity contribution in [2.75, 3.05) is 27.2 Å². The lowest BCUT2D eigenvalue weighted by Crippen LogP contribution is -2.39. The molecule has 0 aliphatic carbocycles. The van der Waals surface area contributed by atoms with Gasteiger partial charge in [-0.1, -0.05) is 10.9 Å². The van der Waals surface area contributed by atoms with E-state index in [0.29, 0.717) is 0 Å². The Hall–Kier alpha value is -1.16. The summed E-state index contributed by atoms with van der Waals surface area (Å²) in [5.74, 6) is 1.02. The van der Waals surface area contributed by atoms with Crippen LogP contribution in [-0.2, 0) is 11.6 Å². The van der Waals surface area contributed by atoms with Crippen LogP contribution in [0.2, 0.25) is 0 Å². The first-order valence-corrected chi connectivity index (χ1v) is 8.15. The Kier molecular flexibility index (Phi) is 3.71. The van der Waals surface area contributed by atoms with Gasteiger partial charge in [0.15, 0.2) is 0 Å². The molecule has 2 heterocycles. The van der Waals surface area contributed by atoms with Gasteiger partial charge >= 0.3 is 0 Å². The van der Waals surface area contributed by atoms with Gasteiger partial charge in [0, 0.05) is 17.8 Å². The first-order chi connectivity index (χ1) is 10.3. The van der Waals surface area contributed by atoms with Gasteiger partial charge in [0.1, 0.15) is 45.0 Å². The summed E-state index contributed by atoms with van der Waals surface area (Å²) < 4.78 is 5.66. The monoisotopic (exact) mass is 290 g/mol. The van der Waals surface area contributed by atoms with E-state index in [1.165, 1.54) is 38.5 Å². The highest BCUT2D eigenvalue weighted by atomic mass is 16.5. The molecule has 22 heavy (non-hydrogen) atoms. The maximum absolute atomic E-state index is 5.66. The molecule has 0 spiro atoms. The minimum absolute atomic E-state index is 0.139. The molecule has 0 saturated heterocycles. The quantitative estimate of drug-likeness (QED) is 0.532. The predicted octanol–water partition coefficient (Wildman–Crippen LogP) is -5.14. The summed E-state index contributed by atoms with van der Waals surface area (Å²) in [7, 11) is 15.3. The number of hydrogen-bond donors (Lipinski definition) is 1. The van der Waals surface area contributed by atoms with E-state index in [9.17, 15) is 0 Å². The van der Waals surface area contributed by atoms with Gasteiger partial charge in [0.05, 0.1) is 7.11 Å². The van der Waals surface area contributed by atoms with E-state index < -0.39 is 0 Å². The average molecular weight is 289 g/mol. The molecule has 1 aliphatic heterocycles. The summed E-state index contributed by atoms with van der Waals surface area (Å²) in [6.07, 6.45) is 1.11. The van der Waals surface area contributed by atoms with Crippen LogP contribution >= 0.6 is 0 Å². The van der Waals surface area contributed by atoms with Crippen LogP contribution in [0.15, 0.2) is 0 Å². The highest BCUT2D eigenvalue weighted by Gasteiger charge is 2.32. The normalized spacial score (nSPS) is 18.1. The minimum Gasteiger partial charge on any atom is -0.498 e. The number of nitrogens with zero attached hydrogens (tertiary/aromatic N) is 1. The van der Waals surface area contributed by atoms with Crippen molar-refractivity contribution in [1.29, 1.82) is 0 Å². The number of ether oxygens (including phenoxy) is 1.